The molecule has 1 aromatic rings. The molecule has 0 aromatic heterocycles. The molecule has 3 rings (SSSR count). The van der Waals surface area contributed by atoms with E-state index in [4.69, 9.17) is 0 Å². The van der Waals surface area contributed by atoms with Crippen LogP contribution in [0.5, 0.6) is 0 Å². The van der Waals surface area contributed by atoms with Gasteiger partial charge >= 0.3 is 0 Å². The van der Waals surface area contributed by atoms with Crippen LogP contribution in [0.3, 0.4) is 0 Å². The summed E-state index contributed by atoms with van der Waals surface area (Å²) in [7, 11) is 2.17. The minimum Gasteiger partial charge on any atom is -0.347 e. The second-order valence-electron chi connectivity index (χ2n) is 6.79. The average molecular weight is 287 g/mol. The summed E-state index contributed by atoms with van der Waals surface area (Å²) >= 11 is 0. The zero-order chi connectivity index (χ0) is 14.9. The highest BCUT2D eigenvalue weighted by atomic mass is 16.1. The Labute approximate surface area is 127 Å². The first-order valence-electron chi connectivity index (χ1n) is 7.86. The first-order valence-corrected chi connectivity index (χ1v) is 7.86. The Morgan fingerprint density at radius 2 is 1.95 bits per heavy atom. The van der Waals surface area contributed by atoms with Gasteiger partial charge in [0, 0.05) is 43.8 Å². The quantitative estimate of drug-likeness (QED) is 0.916. The van der Waals surface area contributed by atoms with E-state index in [1.807, 2.05) is 18.2 Å². The molecule has 1 saturated carbocycles. The van der Waals surface area contributed by atoms with E-state index in [1.54, 1.807) is 0 Å². The highest BCUT2D eigenvalue weighted by Gasteiger charge is 2.38. The number of nitrogens with zero attached hydrogens (tertiary/aromatic N) is 2. The molecule has 21 heavy (non-hydrogen) atoms. The molecule has 2 aliphatic rings. The van der Waals surface area contributed by atoms with Gasteiger partial charge in [0.15, 0.2) is 0 Å². The largest absolute Gasteiger partial charge is 0.347 e. The Hall–Kier alpha value is -1.39. The summed E-state index contributed by atoms with van der Waals surface area (Å²) in [5, 5.41) is 3.12. The number of benzene rings is 1. The van der Waals surface area contributed by atoms with Crippen molar-refractivity contribution in [3.8, 4) is 0 Å². The van der Waals surface area contributed by atoms with Crippen molar-refractivity contribution < 1.29 is 4.79 Å². The molecule has 1 heterocycles. The van der Waals surface area contributed by atoms with Gasteiger partial charge in [-0.15, -0.1) is 0 Å². The summed E-state index contributed by atoms with van der Waals surface area (Å²) in [6, 6.07) is 8.07. The third kappa shape index (κ3) is 3.83. The molecule has 0 spiro atoms. The van der Waals surface area contributed by atoms with Crippen LogP contribution in [0, 0.1) is 0 Å². The fraction of sp³-hybridized carbons (Fsp3) is 0.588. The molecule has 1 amide bonds. The monoisotopic (exact) mass is 287 g/mol. The number of amides is 1. The van der Waals surface area contributed by atoms with Crippen LogP contribution in [0.2, 0.25) is 0 Å². The summed E-state index contributed by atoms with van der Waals surface area (Å²) in [5.41, 5.74) is 2.06. The highest BCUT2D eigenvalue weighted by molar-refractivity contribution is 5.95. The van der Waals surface area contributed by atoms with E-state index >= 15 is 0 Å². The number of carbonyl (C=O) groups is 1. The van der Waals surface area contributed by atoms with Crippen molar-refractivity contribution >= 4 is 5.91 Å². The van der Waals surface area contributed by atoms with Crippen LogP contribution in [-0.4, -0.2) is 54.5 Å². The Balaban J connectivity index is 1.61. The van der Waals surface area contributed by atoms with Crippen molar-refractivity contribution in [2.45, 2.75) is 31.8 Å². The number of likely N-dealkylation sites (N-methyl/N-ethyl adjacent to an activating group) is 1. The van der Waals surface area contributed by atoms with E-state index in [2.05, 4.69) is 35.2 Å². The van der Waals surface area contributed by atoms with Crippen molar-refractivity contribution in [2.75, 3.05) is 33.2 Å². The first-order chi connectivity index (χ1) is 10.0. The molecular formula is C17H25N3O. The lowest BCUT2D eigenvalue weighted by molar-refractivity contribution is 0.0935. The zero-order valence-corrected chi connectivity index (χ0v) is 13.1. The number of piperazine rings is 1. The molecule has 1 aliphatic heterocycles. The van der Waals surface area contributed by atoms with Gasteiger partial charge in [-0.05, 0) is 44.5 Å². The van der Waals surface area contributed by atoms with E-state index < -0.39 is 0 Å². The van der Waals surface area contributed by atoms with Crippen LogP contribution in [0.15, 0.2) is 24.3 Å². The summed E-state index contributed by atoms with van der Waals surface area (Å²) in [6.07, 6.45) is 2.19. The van der Waals surface area contributed by atoms with Crippen molar-refractivity contribution in [3.05, 3.63) is 35.4 Å². The van der Waals surface area contributed by atoms with Crippen molar-refractivity contribution in [1.29, 1.82) is 0 Å². The van der Waals surface area contributed by atoms with Crippen LogP contribution >= 0.6 is 0 Å². The Morgan fingerprint density at radius 1 is 1.24 bits per heavy atom. The maximum atomic E-state index is 12.3. The molecular weight excluding hydrogens is 262 g/mol. The van der Waals surface area contributed by atoms with Crippen molar-refractivity contribution in [1.82, 2.24) is 15.1 Å². The molecule has 1 N–H and O–H groups in total. The smallest absolute Gasteiger partial charge is 0.251 e. The fourth-order valence-electron chi connectivity index (χ4n) is 2.73. The first kappa shape index (κ1) is 14.5. The number of carbonyl (C=O) groups excluding carboxylic acids is 1. The van der Waals surface area contributed by atoms with Crippen LogP contribution in [-0.2, 0) is 6.54 Å². The topological polar surface area (TPSA) is 35.6 Å². The summed E-state index contributed by atoms with van der Waals surface area (Å²) < 4.78 is 0. The van der Waals surface area contributed by atoms with E-state index in [9.17, 15) is 4.79 Å². The normalized spacial score (nSPS) is 22.0. The van der Waals surface area contributed by atoms with E-state index in [0.717, 1.165) is 51.1 Å². The molecule has 4 heteroatoms. The molecule has 4 nitrogen and oxygen atoms in total. The number of nitrogens with one attached hydrogen (secondary N) is 1. The molecule has 0 atom stereocenters. The highest BCUT2D eigenvalue weighted by Crippen LogP contribution is 2.34. The van der Waals surface area contributed by atoms with Gasteiger partial charge in [-0.25, -0.2) is 0 Å². The lowest BCUT2D eigenvalue weighted by Crippen LogP contribution is -2.43. The van der Waals surface area contributed by atoms with Gasteiger partial charge in [-0.3, -0.25) is 9.69 Å². The average Bonchev–Trinajstić information content (AvgIpc) is 3.19. The minimum atomic E-state index is 0.0462. The predicted molar refractivity (Wildman–Crippen MR) is 84.3 cm³/mol. The van der Waals surface area contributed by atoms with Gasteiger partial charge in [-0.1, -0.05) is 12.1 Å². The standard InChI is InChI=1S/C17H25N3O/c1-17(6-7-17)18-16(21)15-5-3-4-14(12-15)13-20-10-8-19(2)9-11-20/h3-5,12H,6-11,13H2,1-2H3,(H,18,21). The summed E-state index contributed by atoms with van der Waals surface area (Å²) in [5.74, 6) is 0.0650. The van der Waals surface area contributed by atoms with Crippen molar-refractivity contribution in [2.24, 2.45) is 0 Å². The minimum absolute atomic E-state index is 0.0462. The van der Waals surface area contributed by atoms with E-state index in [-0.39, 0.29) is 11.4 Å². The van der Waals surface area contributed by atoms with Gasteiger partial charge in [0.05, 0.1) is 0 Å². The molecule has 2 fully saturated rings. The van der Waals surface area contributed by atoms with Crippen LogP contribution in [0.25, 0.3) is 0 Å². The second kappa shape index (κ2) is 5.78. The molecule has 1 saturated heterocycles. The Morgan fingerprint density at radius 3 is 2.62 bits per heavy atom. The molecule has 114 valence electrons. The van der Waals surface area contributed by atoms with Gasteiger partial charge in [0.25, 0.3) is 5.91 Å². The molecule has 0 radical (unpaired) electrons. The Bertz CT molecular complexity index is 517. The Kier molecular flexibility index (Phi) is 4.00. The lowest BCUT2D eigenvalue weighted by Gasteiger charge is -2.32. The number of hydrogen-bond acceptors (Lipinski definition) is 3. The van der Waals surface area contributed by atoms with Crippen LogP contribution < -0.4 is 5.32 Å². The molecule has 1 aliphatic carbocycles. The zero-order valence-electron chi connectivity index (χ0n) is 13.1. The number of hydrogen-bond donors (Lipinski definition) is 1. The van der Waals surface area contributed by atoms with Gasteiger partial charge < -0.3 is 10.2 Å². The summed E-state index contributed by atoms with van der Waals surface area (Å²) in [4.78, 5) is 17.1. The number of rotatable bonds is 4. The van der Waals surface area contributed by atoms with Gasteiger partial charge in [0.2, 0.25) is 0 Å². The van der Waals surface area contributed by atoms with Crippen molar-refractivity contribution in [3.63, 3.8) is 0 Å². The third-order valence-corrected chi connectivity index (χ3v) is 4.61. The summed E-state index contributed by atoms with van der Waals surface area (Å²) in [6.45, 7) is 7.50. The molecule has 1 aromatic carbocycles. The SMILES string of the molecule is CN1CCN(Cc2cccc(C(=O)NC3(C)CC3)c2)CC1. The van der Waals surface area contributed by atoms with E-state index in [1.165, 1.54) is 5.56 Å². The maximum Gasteiger partial charge on any atom is 0.251 e. The fourth-order valence-corrected chi connectivity index (χ4v) is 2.73. The lowest BCUT2D eigenvalue weighted by atomic mass is 10.1. The predicted octanol–water partition coefficient (Wildman–Crippen LogP) is 1.72. The van der Waals surface area contributed by atoms with Crippen LogP contribution in [0.4, 0.5) is 0 Å². The third-order valence-electron chi connectivity index (χ3n) is 4.61. The molecule has 0 unspecified atom stereocenters. The molecule has 0 bridgehead atoms. The van der Waals surface area contributed by atoms with Crippen LogP contribution in [0.1, 0.15) is 35.7 Å². The maximum absolute atomic E-state index is 12.3. The van der Waals surface area contributed by atoms with Gasteiger partial charge in [-0.2, -0.15) is 0 Å². The second-order valence-corrected chi connectivity index (χ2v) is 6.79. The van der Waals surface area contributed by atoms with E-state index in [0.29, 0.717) is 0 Å². The van der Waals surface area contributed by atoms with Gasteiger partial charge in [0.1, 0.15) is 0 Å².